The molecule has 0 spiro atoms. The van der Waals surface area contributed by atoms with Crippen molar-refractivity contribution >= 4 is 17.6 Å². The summed E-state index contributed by atoms with van der Waals surface area (Å²) in [6.07, 6.45) is 1.50. The molecule has 0 aliphatic carbocycles. The van der Waals surface area contributed by atoms with Crippen LogP contribution in [-0.2, 0) is 4.74 Å². The first-order chi connectivity index (χ1) is 8.76. The van der Waals surface area contributed by atoms with Crippen molar-refractivity contribution in [3.63, 3.8) is 0 Å². The van der Waals surface area contributed by atoms with Crippen LogP contribution in [0.1, 0.15) is 42.7 Å². The number of ether oxygens (including phenoxy) is 1. The fraction of sp³-hybridized carbons (Fsp3) is 0.357. The van der Waals surface area contributed by atoms with Crippen LogP contribution in [0.3, 0.4) is 0 Å². The minimum absolute atomic E-state index is 0.183. The lowest BCUT2D eigenvalue weighted by Gasteiger charge is -2.20. The summed E-state index contributed by atoms with van der Waals surface area (Å²) in [5.41, 5.74) is 5.82. The molecule has 104 valence electrons. The minimum atomic E-state index is -0.708. The average molecular weight is 286 g/mol. The first-order valence-electron chi connectivity index (χ1n) is 5.80. The zero-order valence-electron chi connectivity index (χ0n) is 11.1. The van der Waals surface area contributed by atoms with E-state index in [1.165, 1.54) is 0 Å². The molecule has 0 saturated carbocycles. The number of hydrogen-bond donors (Lipinski definition) is 1. The Balaban J connectivity index is 3.11. The smallest absolute Gasteiger partial charge is 0.340 e. The number of nitrogens with two attached hydrogens (primary N) is 1. The van der Waals surface area contributed by atoms with Crippen LogP contribution in [-0.4, -0.2) is 11.6 Å². The maximum absolute atomic E-state index is 12.1. The minimum Gasteiger partial charge on any atom is -0.456 e. The molecule has 5 heteroatoms. The van der Waals surface area contributed by atoms with Crippen LogP contribution in [0.2, 0.25) is 5.02 Å². The highest BCUT2D eigenvalue weighted by molar-refractivity contribution is 6.34. The first-order valence-corrected chi connectivity index (χ1v) is 6.18. The normalized spacial score (nSPS) is 13.6. The molecule has 1 rings (SSSR count). The van der Waals surface area contributed by atoms with E-state index in [1.807, 2.05) is 0 Å². The molecule has 0 aliphatic heterocycles. The van der Waals surface area contributed by atoms with Gasteiger partial charge in [-0.1, -0.05) is 23.7 Å². The lowest BCUT2D eigenvalue weighted by Crippen LogP contribution is -2.24. The lowest BCUT2D eigenvalue weighted by molar-refractivity contribution is 0.00696. The van der Waals surface area contributed by atoms with Crippen LogP contribution in [0.4, 0.5) is 4.39 Å². The quantitative estimate of drug-likeness (QED) is 0.860. The second-order valence-corrected chi connectivity index (χ2v) is 5.43. The number of benzene rings is 1. The highest BCUT2D eigenvalue weighted by Crippen LogP contribution is 2.27. The number of hydrogen-bond acceptors (Lipinski definition) is 3. The number of rotatable bonds is 3. The van der Waals surface area contributed by atoms with Crippen molar-refractivity contribution in [3.05, 3.63) is 46.8 Å². The van der Waals surface area contributed by atoms with Gasteiger partial charge in [0.25, 0.3) is 0 Å². The SMILES string of the molecule is CC(C)(C)OC(=O)c1cccc(C(N)/C=C/F)c1Cl. The molecule has 3 nitrogen and oxygen atoms in total. The molecule has 0 aliphatic rings. The van der Waals surface area contributed by atoms with Gasteiger partial charge in [0.15, 0.2) is 0 Å². The van der Waals surface area contributed by atoms with Crippen molar-refractivity contribution in [2.75, 3.05) is 0 Å². The molecule has 0 aromatic heterocycles. The predicted molar refractivity (Wildman–Crippen MR) is 73.8 cm³/mol. The van der Waals surface area contributed by atoms with Crippen molar-refractivity contribution < 1.29 is 13.9 Å². The zero-order valence-corrected chi connectivity index (χ0v) is 11.9. The Bertz CT molecular complexity index is 495. The Morgan fingerprint density at radius 2 is 2.11 bits per heavy atom. The van der Waals surface area contributed by atoms with Gasteiger partial charge in [0.2, 0.25) is 0 Å². The molecule has 0 fully saturated rings. The van der Waals surface area contributed by atoms with Gasteiger partial charge < -0.3 is 10.5 Å². The average Bonchev–Trinajstić information content (AvgIpc) is 2.27. The second kappa shape index (κ2) is 6.17. The van der Waals surface area contributed by atoms with Crippen molar-refractivity contribution in [1.29, 1.82) is 0 Å². The molecule has 1 atom stereocenters. The molecule has 0 bridgehead atoms. The van der Waals surface area contributed by atoms with E-state index in [-0.39, 0.29) is 10.6 Å². The lowest BCUT2D eigenvalue weighted by atomic mass is 10.0. The summed E-state index contributed by atoms with van der Waals surface area (Å²) in [5.74, 6) is -0.532. The van der Waals surface area contributed by atoms with Gasteiger partial charge in [0, 0.05) is 0 Å². The van der Waals surface area contributed by atoms with Gasteiger partial charge in [-0.25, -0.2) is 9.18 Å². The van der Waals surface area contributed by atoms with Crippen molar-refractivity contribution in [2.24, 2.45) is 5.73 Å². The Morgan fingerprint density at radius 3 is 2.63 bits per heavy atom. The Hall–Kier alpha value is -1.39. The van der Waals surface area contributed by atoms with Crippen LogP contribution in [0, 0.1) is 0 Å². The van der Waals surface area contributed by atoms with Gasteiger partial charge in [-0.15, -0.1) is 0 Å². The van der Waals surface area contributed by atoms with E-state index in [2.05, 4.69) is 0 Å². The Kier molecular flexibility index (Phi) is 5.09. The number of esters is 1. The molecule has 0 amide bonds. The molecule has 0 radical (unpaired) electrons. The van der Waals surface area contributed by atoms with Crippen molar-refractivity contribution in [3.8, 4) is 0 Å². The van der Waals surface area contributed by atoms with E-state index in [4.69, 9.17) is 22.1 Å². The molecule has 0 saturated heterocycles. The van der Waals surface area contributed by atoms with Gasteiger partial charge in [0.1, 0.15) is 5.60 Å². The van der Waals surface area contributed by atoms with E-state index < -0.39 is 17.6 Å². The maximum Gasteiger partial charge on any atom is 0.340 e. The summed E-state index contributed by atoms with van der Waals surface area (Å²) >= 11 is 6.13. The number of carbonyl (C=O) groups excluding carboxylic acids is 1. The van der Waals surface area contributed by atoms with Crippen LogP contribution >= 0.6 is 11.6 Å². The van der Waals surface area contributed by atoms with E-state index in [1.54, 1.807) is 39.0 Å². The fourth-order valence-corrected chi connectivity index (χ4v) is 1.81. The number of halogens is 2. The summed E-state index contributed by atoms with van der Waals surface area (Å²) in [7, 11) is 0. The van der Waals surface area contributed by atoms with Crippen molar-refractivity contribution in [2.45, 2.75) is 32.4 Å². The number of carbonyl (C=O) groups is 1. The van der Waals surface area contributed by atoms with Crippen LogP contribution in [0.5, 0.6) is 0 Å². The third-order valence-corrected chi connectivity index (χ3v) is 2.71. The maximum atomic E-state index is 12.1. The summed E-state index contributed by atoms with van der Waals surface area (Å²) in [6.45, 7) is 5.29. The topological polar surface area (TPSA) is 52.3 Å². The highest BCUT2D eigenvalue weighted by Gasteiger charge is 2.22. The third kappa shape index (κ3) is 4.33. The molecule has 1 unspecified atom stereocenters. The molecular formula is C14H17ClFNO2. The van der Waals surface area contributed by atoms with Gasteiger partial charge in [-0.3, -0.25) is 0 Å². The second-order valence-electron chi connectivity index (χ2n) is 5.05. The van der Waals surface area contributed by atoms with E-state index in [0.29, 0.717) is 11.9 Å². The van der Waals surface area contributed by atoms with Gasteiger partial charge in [-0.2, -0.15) is 0 Å². The Labute approximate surface area is 117 Å². The standard InChI is InChI=1S/C14H17ClFNO2/c1-14(2,3)19-13(18)10-6-4-5-9(12(10)15)11(17)7-8-16/h4-8,11H,17H2,1-3H3/b8-7+. The fourth-order valence-electron chi connectivity index (χ4n) is 1.48. The summed E-state index contributed by atoms with van der Waals surface area (Å²) in [6, 6.07) is 4.11. The molecule has 19 heavy (non-hydrogen) atoms. The molecular weight excluding hydrogens is 269 g/mol. The van der Waals surface area contributed by atoms with Crippen molar-refractivity contribution in [1.82, 2.24) is 0 Å². The third-order valence-electron chi connectivity index (χ3n) is 2.29. The summed E-state index contributed by atoms with van der Waals surface area (Å²) in [5, 5.41) is 0.183. The first kappa shape index (κ1) is 15.7. The molecule has 1 aromatic carbocycles. The Morgan fingerprint density at radius 1 is 1.47 bits per heavy atom. The monoisotopic (exact) mass is 285 g/mol. The van der Waals surface area contributed by atoms with Crippen LogP contribution in [0.15, 0.2) is 30.6 Å². The molecule has 1 aromatic rings. The highest BCUT2D eigenvalue weighted by atomic mass is 35.5. The van der Waals surface area contributed by atoms with E-state index in [9.17, 15) is 9.18 Å². The molecule has 2 N–H and O–H groups in total. The van der Waals surface area contributed by atoms with Crippen LogP contribution in [0.25, 0.3) is 0 Å². The summed E-state index contributed by atoms with van der Waals surface area (Å²) < 4.78 is 17.4. The largest absolute Gasteiger partial charge is 0.456 e. The van der Waals surface area contributed by atoms with Crippen LogP contribution < -0.4 is 5.73 Å². The zero-order chi connectivity index (χ0) is 14.6. The summed E-state index contributed by atoms with van der Waals surface area (Å²) in [4.78, 5) is 12.0. The van der Waals surface area contributed by atoms with E-state index >= 15 is 0 Å². The van der Waals surface area contributed by atoms with E-state index in [0.717, 1.165) is 6.08 Å². The van der Waals surface area contributed by atoms with Gasteiger partial charge >= 0.3 is 5.97 Å². The molecule has 0 heterocycles. The predicted octanol–water partition coefficient (Wildman–Crippen LogP) is 3.78. The van der Waals surface area contributed by atoms with Gasteiger partial charge in [0.05, 0.1) is 23.0 Å². The van der Waals surface area contributed by atoms with Gasteiger partial charge in [-0.05, 0) is 38.5 Å².